The number of aliphatic hydroxyl groups is 1. The lowest BCUT2D eigenvalue weighted by molar-refractivity contribution is -0.870. The van der Waals surface area contributed by atoms with E-state index in [1.54, 1.807) is 6.08 Å². The van der Waals surface area contributed by atoms with E-state index in [1.165, 1.54) is 116 Å². The van der Waals surface area contributed by atoms with Crippen LogP contribution in [0.5, 0.6) is 0 Å². The maximum atomic E-state index is 12.7. The molecule has 1 amide bonds. The minimum absolute atomic E-state index is 0.00267. The third-order valence-corrected chi connectivity index (χ3v) is 11.4. The van der Waals surface area contributed by atoms with Crippen molar-refractivity contribution >= 4 is 13.7 Å². The molecule has 0 saturated carbocycles. The lowest BCUT2D eigenvalue weighted by atomic mass is 10.0. The van der Waals surface area contributed by atoms with Gasteiger partial charge >= 0.3 is 0 Å². The van der Waals surface area contributed by atoms with Crippen molar-refractivity contribution in [2.45, 2.75) is 212 Å². The third kappa shape index (κ3) is 44.1. The lowest BCUT2D eigenvalue weighted by Gasteiger charge is -2.29. The van der Waals surface area contributed by atoms with Crippen LogP contribution in [0.2, 0.25) is 0 Å². The zero-order valence-electron chi connectivity index (χ0n) is 38.9. The van der Waals surface area contributed by atoms with E-state index in [0.717, 1.165) is 64.2 Å². The highest BCUT2D eigenvalue weighted by Gasteiger charge is 2.23. The molecule has 0 fully saturated rings. The van der Waals surface area contributed by atoms with Crippen LogP contribution in [0.25, 0.3) is 0 Å². The van der Waals surface area contributed by atoms with Crippen molar-refractivity contribution in [1.29, 1.82) is 0 Å². The van der Waals surface area contributed by atoms with E-state index in [2.05, 4.69) is 67.8 Å². The molecule has 0 rings (SSSR count). The third-order valence-electron chi connectivity index (χ3n) is 10.5. The first-order valence-electron chi connectivity index (χ1n) is 24.2. The van der Waals surface area contributed by atoms with E-state index in [-0.39, 0.29) is 19.1 Å². The van der Waals surface area contributed by atoms with Crippen molar-refractivity contribution in [2.24, 2.45) is 0 Å². The van der Waals surface area contributed by atoms with Crippen LogP contribution in [-0.4, -0.2) is 68.5 Å². The number of unbranched alkanes of at least 4 members (excludes halogenated alkanes) is 22. The Balaban J connectivity index is 3.77. The van der Waals surface area contributed by atoms with Gasteiger partial charge in [-0.2, -0.15) is 0 Å². The smallest absolute Gasteiger partial charge is 0.268 e. The lowest BCUT2D eigenvalue weighted by Crippen LogP contribution is -2.45. The normalized spacial score (nSPS) is 14.8. The zero-order valence-corrected chi connectivity index (χ0v) is 39.8. The number of quaternary nitrogens is 1. The maximum Gasteiger partial charge on any atom is 0.268 e. The quantitative estimate of drug-likeness (QED) is 0.0274. The summed E-state index contributed by atoms with van der Waals surface area (Å²) in [6, 6.07) is -0.881. The molecule has 3 atom stereocenters. The molecule has 0 aliphatic rings. The molecular formula is C50H93N2O6P. The number of allylic oxidation sites excluding steroid dienone is 9. The Morgan fingerprint density at radius 1 is 0.610 bits per heavy atom. The molecule has 0 aliphatic carbocycles. The molecule has 0 heterocycles. The van der Waals surface area contributed by atoms with Gasteiger partial charge in [-0.05, 0) is 51.4 Å². The second-order valence-corrected chi connectivity index (χ2v) is 18.8. The van der Waals surface area contributed by atoms with Gasteiger partial charge in [0.25, 0.3) is 7.82 Å². The molecule has 0 spiro atoms. The van der Waals surface area contributed by atoms with Gasteiger partial charge in [-0.3, -0.25) is 9.36 Å². The van der Waals surface area contributed by atoms with Gasteiger partial charge in [-0.1, -0.05) is 203 Å². The Bertz CT molecular complexity index is 1140. The Hall–Kier alpha value is -1.80. The zero-order chi connectivity index (χ0) is 43.6. The van der Waals surface area contributed by atoms with E-state index >= 15 is 0 Å². The fraction of sp³-hybridized carbons (Fsp3) is 0.780. The molecule has 2 N–H and O–H groups in total. The number of phosphoric acid groups is 1. The minimum Gasteiger partial charge on any atom is -0.756 e. The standard InChI is InChI=1S/C50H93N2O6P/c1-6-8-10-12-13-14-15-16-17-18-19-20-21-22-23-24-25-26-27-28-29-30-31-32-33-34-35-36-37-38-39-40-42-44-50(54)51-48(49(53)43-41-11-9-7-2)47-58-59(55,56)57-46-45-52(3,4)5/h8,10,13-14,16-17,19-20,41,43,48-49,53H,6-7,9,11-12,15,18,21-40,42,44-47H2,1-5H3,(H-,51,54,55,56)/b10-8-,14-13-,17-16-,20-19-,43-41+. The number of carbonyl (C=O) groups is 1. The van der Waals surface area contributed by atoms with Crippen LogP contribution in [0.1, 0.15) is 200 Å². The number of aliphatic hydroxyl groups excluding tert-OH is 1. The average molecular weight is 849 g/mol. The predicted octanol–water partition coefficient (Wildman–Crippen LogP) is 13.2. The van der Waals surface area contributed by atoms with Gasteiger partial charge < -0.3 is 28.8 Å². The number of rotatable bonds is 43. The molecule has 0 radical (unpaired) electrons. The van der Waals surface area contributed by atoms with E-state index in [1.807, 2.05) is 27.2 Å². The second-order valence-electron chi connectivity index (χ2n) is 17.4. The number of hydrogen-bond acceptors (Lipinski definition) is 6. The number of amides is 1. The highest BCUT2D eigenvalue weighted by Crippen LogP contribution is 2.38. The van der Waals surface area contributed by atoms with Crippen molar-refractivity contribution in [3.8, 4) is 0 Å². The van der Waals surface area contributed by atoms with E-state index in [9.17, 15) is 19.4 Å². The van der Waals surface area contributed by atoms with Gasteiger partial charge in [0.15, 0.2) is 0 Å². The summed E-state index contributed by atoms with van der Waals surface area (Å²) in [5, 5.41) is 13.5. The molecule has 0 saturated heterocycles. The molecule has 0 aromatic rings. The van der Waals surface area contributed by atoms with Crippen LogP contribution in [0.15, 0.2) is 60.8 Å². The van der Waals surface area contributed by atoms with E-state index in [0.29, 0.717) is 17.4 Å². The predicted molar refractivity (Wildman–Crippen MR) is 251 cm³/mol. The molecule has 9 heteroatoms. The van der Waals surface area contributed by atoms with Gasteiger partial charge in [0, 0.05) is 6.42 Å². The summed E-state index contributed by atoms with van der Waals surface area (Å²) in [5.74, 6) is -0.207. The molecule has 0 bridgehead atoms. The molecule has 3 unspecified atom stereocenters. The molecular weight excluding hydrogens is 756 g/mol. The van der Waals surface area contributed by atoms with Gasteiger partial charge in [-0.25, -0.2) is 0 Å². The van der Waals surface area contributed by atoms with Crippen LogP contribution >= 0.6 is 7.82 Å². The highest BCUT2D eigenvalue weighted by atomic mass is 31.2. The summed E-state index contributed by atoms with van der Waals surface area (Å²) >= 11 is 0. The largest absolute Gasteiger partial charge is 0.756 e. The Kier molecular flexibility index (Phi) is 40.3. The molecule has 0 aromatic heterocycles. The average Bonchev–Trinajstić information content (AvgIpc) is 3.19. The SMILES string of the molecule is CC/C=C\C/C=C\C/C=C\C/C=C\CCCCCCCCCCCCCCCCCCCCCCC(=O)NC(COP(=O)([O-])OCC[N+](C)(C)C)C(O)/C=C/CCCC. The Morgan fingerprint density at radius 3 is 1.49 bits per heavy atom. The second kappa shape index (κ2) is 41.5. The maximum absolute atomic E-state index is 12.7. The first-order chi connectivity index (χ1) is 28.5. The summed E-state index contributed by atoms with van der Waals surface area (Å²) in [6.45, 7) is 4.37. The van der Waals surface area contributed by atoms with Crippen molar-refractivity contribution in [3.05, 3.63) is 60.8 Å². The first-order valence-corrected chi connectivity index (χ1v) is 25.6. The Labute approximate surface area is 364 Å². The van der Waals surface area contributed by atoms with Gasteiger partial charge in [-0.15, -0.1) is 0 Å². The number of phosphoric ester groups is 1. The van der Waals surface area contributed by atoms with Crippen LogP contribution in [0.3, 0.4) is 0 Å². The number of nitrogens with one attached hydrogen (secondary N) is 1. The van der Waals surface area contributed by atoms with Crippen LogP contribution in [-0.2, 0) is 18.4 Å². The molecule has 344 valence electrons. The van der Waals surface area contributed by atoms with E-state index < -0.39 is 20.0 Å². The summed E-state index contributed by atoms with van der Waals surface area (Å²) < 4.78 is 22.9. The Morgan fingerprint density at radius 2 is 1.03 bits per heavy atom. The topological polar surface area (TPSA) is 108 Å². The van der Waals surface area contributed by atoms with E-state index in [4.69, 9.17) is 9.05 Å². The summed E-state index contributed by atoms with van der Waals surface area (Å²) in [7, 11) is 1.25. The summed E-state index contributed by atoms with van der Waals surface area (Å²) in [5.41, 5.74) is 0. The van der Waals surface area contributed by atoms with Crippen LogP contribution < -0.4 is 10.2 Å². The van der Waals surface area contributed by atoms with Crippen molar-refractivity contribution in [3.63, 3.8) is 0 Å². The van der Waals surface area contributed by atoms with Gasteiger partial charge in [0.2, 0.25) is 5.91 Å². The fourth-order valence-corrected chi connectivity index (χ4v) is 7.38. The van der Waals surface area contributed by atoms with Crippen LogP contribution in [0, 0.1) is 0 Å². The number of carbonyl (C=O) groups excluding carboxylic acids is 1. The number of hydrogen-bond donors (Lipinski definition) is 2. The van der Waals surface area contributed by atoms with Crippen molar-refractivity contribution in [2.75, 3.05) is 40.9 Å². The number of likely N-dealkylation sites (N-methyl/N-ethyl adjacent to an activating group) is 1. The first kappa shape index (κ1) is 57.2. The minimum atomic E-state index is -4.57. The van der Waals surface area contributed by atoms with Crippen LogP contribution in [0.4, 0.5) is 0 Å². The summed E-state index contributed by atoms with van der Waals surface area (Å²) in [6.07, 6.45) is 55.1. The molecule has 0 aromatic carbocycles. The fourth-order valence-electron chi connectivity index (χ4n) is 6.66. The van der Waals surface area contributed by atoms with Gasteiger partial charge in [0.05, 0.1) is 39.9 Å². The molecule has 59 heavy (non-hydrogen) atoms. The van der Waals surface area contributed by atoms with Crippen molar-refractivity contribution < 1.29 is 32.9 Å². The monoisotopic (exact) mass is 849 g/mol. The van der Waals surface area contributed by atoms with Crippen molar-refractivity contribution in [1.82, 2.24) is 5.32 Å². The highest BCUT2D eigenvalue weighted by molar-refractivity contribution is 7.45. The molecule has 0 aliphatic heterocycles. The molecule has 8 nitrogen and oxygen atoms in total. The summed E-state index contributed by atoms with van der Waals surface area (Å²) in [4.78, 5) is 25.0. The number of nitrogens with zero attached hydrogens (tertiary/aromatic N) is 1. The van der Waals surface area contributed by atoms with Gasteiger partial charge in [0.1, 0.15) is 13.2 Å².